The number of amides is 1. The Balaban J connectivity index is 1.67. The average molecular weight is 429 g/mol. The molecule has 2 heterocycles. The lowest BCUT2D eigenvalue weighted by atomic mass is 10.2. The van der Waals surface area contributed by atoms with Crippen LogP contribution in [0.25, 0.3) is 0 Å². The molecule has 1 aliphatic heterocycles. The zero-order chi connectivity index (χ0) is 20.3. The van der Waals surface area contributed by atoms with E-state index in [1.165, 1.54) is 16.4 Å². The van der Waals surface area contributed by atoms with Crippen molar-refractivity contribution in [2.24, 2.45) is 0 Å². The number of ether oxygens (including phenoxy) is 1. The highest BCUT2D eigenvalue weighted by Crippen LogP contribution is 2.26. The van der Waals surface area contributed by atoms with Gasteiger partial charge >= 0.3 is 5.69 Å². The van der Waals surface area contributed by atoms with Crippen LogP contribution in [0, 0.1) is 15.9 Å². The van der Waals surface area contributed by atoms with Gasteiger partial charge in [-0.15, -0.1) is 11.3 Å². The van der Waals surface area contributed by atoms with Crippen LogP contribution in [0.3, 0.4) is 0 Å². The van der Waals surface area contributed by atoms with E-state index in [1.54, 1.807) is 6.07 Å². The molecule has 12 heteroatoms. The SMILES string of the molecule is O=C(Cc1ccc(S(=O)(=O)N2CCOCC2)s1)Nc1ccc(F)c([N+](=O)[O-])c1. The molecular weight excluding hydrogens is 413 g/mol. The molecule has 9 nitrogen and oxygen atoms in total. The molecule has 2 aromatic rings. The summed E-state index contributed by atoms with van der Waals surface area (Å²) in [7, 11) is -3.63. The first kappa shape index (κ1) is 20.3. The summed E-state index contributed by atoms with van der Waals surface area (Å²) in [5.41, 5.74) is -0.663. The van der Waals surface area contributed by atoms with Crippen LogP contribution in [0.4, 0.5) is 15.8 Å². The summed E-state index contributed by atoms with van der Waals surface area (Å²) in [6.07, 6.45) is -0.117. The normalized spacial score (nSPS) is 15.3. The summed E-state index contributed by atoms with van der Waals surface area (Å²) in [6, 6.07) is 6.02. The number of carbonyl (C=O) groups is 1. The molecule has 1 saturated heterocycles. The number of nitrogens with one attached hydrogen (secondary N) is 1. The number of hydrogen-bond donors (Lipinski definition) is 1. The number of carbonyl (C=O) groups excluding carboxylic acids is 1. The van der Waals surface area contributed by atoms with Crippen molar-refractivity contribution in [3.05, 3.63) is 51.1 Å². The van der Waals surface area contributed by atoms with Gasteiger partial charge in [-0.1, -0.05) is 0 Å². The molecule has 1 aliphatic rings. The third kappa shape index (κ3) is 4.52. The lowest BCUT2D eigenvalue weighted by Gasteiger charge is -2.25. The van der Waals surface area contributed by atoms with Gasteiger partial charge in [-0.25, -0.2) is 8.42 Å². The molecule has 28 heavy (non-hydrogen) atoms. The van der Waals surface area contributed by atoms with E-state index in [1.807, 2.05) is 0 Å². The minimum Gasteiger partial charge on any atom is -0.379 e. The van der Waals surface area contributed by atoms with Crippen molar-refractivity contribution in [1.82, 2.24) is 4.31 Å². The summed E-state index contributed by atoms with van der Waals surface area (Å²) in [5, 5.41) is 13.2. The quantitative estimate of drug-likeness (QED) is 0.554. The van der Waals surface area contributed by atoms with Gasteiger partial charge in [0.2, 0.25) is 11.7 Å². The highest BCUT2D eigenvalue weighted by atomic mass is 32.2. The minimum absolute atomic E-state index is 0.0795. The number of anilines is 1. The molecule has 0 aliphatic carbocycles. The van der Waals surface area contributed by atoms with Crippen LogP contribution in [-0.4, -0.2) is 49.9 Å². The number of halogens is 1. The predicted molar refractivity (Wildman–Crippen MR) is 99.3 cm³/mol. The van der Waals surface area contributed by atoms with Gasteiger partial charge in [-0.3, -0.25) is 14.9 Å². The Hall–Kier alpha value is -2.41. The highest BCUT2D eigenvalue weighted by Gasteiger charge is 2.28. The van der Waals surface area contributed by atoms with E-state index in [9.17, 15) is 27.7 Å². The molecule has 1 amide bonds. The van der Waals surface area contributed by atoms with Gasteiger partial charge in [0, 0.05) is 29.7 Å². The molecule has 3 rings (SSSR count). The van der Waals surface area contributed by atoms with Gasteiger partial charge in [-0.05, 0) is 24.3 Å². The van der Waals surface area contributed by atoms with E-state index in [0.717, 1.165) is 23.5 Å². The molecule has 0 saturated carbocycles. The van der Waals surface area contributed by atoms with E-state index in [0.29, 0.717) is 18.1 Å². The minimum atomic E-state index is -3.63. The molecule has 1 aromatic carbocycles. The van der Waals surface area contributed by atoms with Crippen molar-refractivity contribution in [1.29, 1.82) is 0 Å². The summed E-state index contributed by atoms with van der Waals surface area (Å²) in [5.74, 6) is -1.50. The first-order chi connectivity index (χ1) is 13.3. The zero-order valence-electron chi connectivity index (χ0n) is 14.5. The van der Waals surface area contributed by atoms with Crippen molar-refractivity contribution in [2.45, 2.75) is 10.6 Å². The van der Waals surface area contributed by atoms with Crippen molar-refractivity contribution < 1.29 is 27.3 Å². The van der Waals surface area contributed by atoms with Gasteiger partial charge in [0.15, 0.2) is 0 Å². The fraction of sp³-hybridized carbons (Fsp3) is 0.312. The highest BCUT2D eigenvalue weighted by molar-refractivity contribution is 7.91. The maximum Gasteiger partial charge on any atom is 0.306 e. The Morgan fingerprint density at radius 1 is 1.29 bits per heavy atom. The number of nitro groups is 1. The largest absolute Gasteiger partial charge is 0.379 e. The zero-order valence-corrected chi connectivity index (χ0v) is 16.1. The van der Waals surface area contributed by atoms with Crippen LogP contribution >= 0.6 is 11.3 Å². The molecule has 1 aromatic heterocycles. The number of nitrogens with zero attached hydrogens (tertiary/aromatic N) is 2. The maximum absolute atomic E-state index is 13.4. The molecule has 1 N–H and O–H groups in total. The number of morpholine rings is 1. The molecule has 0 atom stereocenters. The van der Waals surface area contributed by atoms with E-state index in [4.69, 9.17) is 4.74 Å². The maximum atomic E-state index is 13.4. The topological polar surface area (TPSA) is 119 Å². The van der Waals surface area contributed by atoms with Gasteiger partial charge in [0.25, 0.3) is 10.0 Å². The molecule has 150 valence electrons. The van der Waals surface area contributed by atoms with Crippen LogP contribution in [0.5, 0.6) is 0 Å². The molecule has 1 fully saturated rings. The van der Waals surface area contributed by atoms with E-state index in [-0.39, 0.29) is 29.4 Å². The number of sulfonamides is 1. The fourth-order valence-corrected chi connectivity index (χ4v) is 5.52. The smallest absolute Gasteiger partial charge is 0.306 e. The van der Waals surface area contributed by atoms with Gasteiger partial charge in [0.1, 0.15) is 4.21 Å². The number of benzene rings is 1. The molecular formula is C16H16FN3O6S2. The first-order valence-electron chi connectivity index (χ1n) is 8.18. The number of nitro benzene ring substituents is 1. The molecule has 0 radical (unpaired) electrons. The molecule has 0 spiro atoms. The van der Waals surface area contributed by atoms with Crippen molar-refractivity contribution in [2.75, 3.05) is 31.6 Å². The van der Waals surface area contributed by atoms with Crippen molar-refractivity contribution in [3.8, 4) is 0 Å². The van der Waals surface area contributed by atoms with Gasteiger partial charge < -0.3 is 10.1 Å². The summed E-state index contributed by atoms with van der Waals surface area (Å²) in [6.45, 7) is 1.23. The van der Waals surface area contributed by atoms with Crippen LogP contribution in [0.2, 0.25) is 0 Å². The fourth-order valence-electron chi connectivity index (χ4n) is 2.60. The predicted octanol–water partition coefficient (Wildman–Crippen LogP) is 2.00. The van der Waals surface area contributed by atoms with E-state index >= 15 is 0 Å². The summed E-state index contributed by atoms with van der Waals surface area (Å²) >= 11 is 0.983. The third-order valence-electron chi connectivity index (χ3n) is 3.96. The molecule has 0 unspecified atom stereocenters. The van der Waals surface area contributed by atoms with E-state index < -0.39 is 32.4 Å². The second-order valence-corrected chi connectivity index (χ2v) is 9.22. The number of rotatable bonds is 6. The first-order valence-corrected chi connectivity index (χ1v) is 10.4. The van der Waals surface area contributed by atoms with Crippen molar-refractivity contribution >= 4 is 38.6 Å². The van der Waals surface area contributed by atoms with Crippen molar-refractivity contribution in [3.63, 3.8) is 0 Å². The third-order valence-corrected chi connectivity index (χ3v) is 7.41. The second kappa shape index (κ2) is 8.31. The Morgan fingerprint density at radius 2 is 2.00 bits per heavy atom. The van der Waals surface area contributed by atoms with Crippen LogP contribution in [0.1, 0.15) is 4.88 Å². The second-order valence-electron chi connectivity index (χ2n) is 5.89. The standard InChI is InChI=1S/C16H16FN3O6S2/c17-13-3-1-11(9-14(13)20(22)23)18-15(21)10-12-2-4-16(27-12)28(24,25)19-5-7-26-8-6-19/h1-4,9H,5-8,10H2,(H,18,21). The Labute approximate surface area is 163 Å². The van der Waals surface area contributed by atoms with Crippen LogP contribution in [-0.2, 0) is 26.0 Å². The lowest BCUT2D eigenvalue weighted by Crippen LogP contribution is -2.40. The van der Waals surface area contributed by atoms with Crippen LogP contribution in [0.15, 0.2) is 34.5 Å². The van der Waals surface area contributed by atoms with Gasteiger partial charge in [0.05, 0.1) is 24.6 Å². The van der Waals surface area contributed by atoms with Crippen LogP contribution < -0.4 is 5.32 Å². The average Bonchev–Trinajstić information content (AvgIpc) is 3.13. The lowest BCUT2D eigenvalue weighted by molar-refractivity contribution is -0.387. The number of hydrogen-bond acceptors (Lipinski definition) is 7. The van der Waals surface area contributed by atoms with Gasteiger partial charge in [-0.2, -0.15) is 8.70 Å². The summed E-state index contributed by atoms with van der Waals surface area (Å²) < 4.78 is 45.2. The monoisotopic (exact) mass is 429 g/mol. The molecule has 0 bridgehead atoms. The Kier molecular flexibility index (Phi) is 6.03. The Morgan fingerprint density at radius 3 is 2.68 bits per heavy atom. The Bertz CT molecular complexity index is 1000. The summed E-state index contributed by atoms with van der Waals surface area (Å²) in [4.78, 5) is 22.6. The number of thiophene rings is 1. The van der Waals surface area contributed by atoms with E-state index in [2.05, 4.69) is 5.32 Å².